The van der Waals surface area contributed by atoms with Crippen molar-refractivity contribution in [1.82, 2.24) is 0 Å². The van der Waals surface area contributed by atoms with Crippen molar-refractivity contribution in [3.8, 4) is 0 Å². The van der Waals surface area contributed by atoms with Gasteiger partial charge < -0.3 is 5.32 Å². The quantitative estimate of drug-likeness (QED) is 0.373. The van der Waals surface area contributed by atoms with Crippen LogP contribution in [0, 0.1) is 11.5 Å². The van der Waals surface area contributed by atoms with Crippen LogP contribution in [0.3, 0.4) is 0 Å². The van der Waals surface area contributed by atoms with E-state index in [2.05, 4.69) is 87.6 Å². The first-order valence-corrected chi connectivity index (χ1v) is 7.20. The Kier molecular flexibility index (Phi) is 15.0. The Hall–Kier alpha value is 0.903. The van der Waals surface area contributed by atoms with Crippen molar-refractivity contribution >= 4 is 24.8 Å². The van der Waals surface area contributed by atoms with Gasteiger partial charge in [0.15, 0.2) is 0 Å². The summed E-state index contributed by atoms with van der Waals surface area (Å²) in [7, 11) is 0. The molecule has 0 aromatic heterocycles. The fourth-order valence-electron chi connectivity index (χ4n) is 2.41. The van der Waals surface area contributed by atoms with E-state index in [0.717, 1.165) is 0 Å². The fraction of sp³-hybridized carbons (Fsp3) is 0.778. The number of hydrogen-bond donors (Lipinski definition) is 0. The summed E-state index contributed by atoms with van der Waals surface area (Å²) in [5.41, 5.74) is 4.61. The zero-order chi connectivity index (χ0) is 15.6. The van der Waals surface area contributed by atoms with Crippen molar-refractivity contribution in [1.29, 1.82) is 0 Å². The molecular formula is C18H35Cl2NZr. The molecule has 0 aromatic rings. The van der Waals surface area contributed by atoms with Gasteiger partial charge in [0.1, 0.15) is 0 Å². The van der Waals surface area contributed by atoms with Gasteiger partial charge in [-0.2, -0.15) is 11.1 Å². The summed E-state index contributed by atoms with van der Waals surface area (Å²) in [6, 6.07) is 0. The SMILES string of the molecule is CC(C)(C)[N-]C(C)(C)C.CC1=[C-]C(C)(C)C(C)=C1C.Cl.Cl.[Zr+2]. The van der Waals surface area contributed by atoms with Gasteiger partial charge in [-0.3, -0.25) is 6.08 Å². The normalized spacial score (nSPS) is 16.4. The molecule has 1 rings (SSSR count). The van der Waals surface area contributed by atoms with E-state index in [4.69, 9.17) is 0 Å². The Morgan fingerprint density at radius 1 is 0.818 bits per heavy atom. The predicted octanol–water partition coefficient (Wildman–Crippen LogP) is 6.91. The van der Waals surface area contributed by atoms with Gasteiger partial charge in [-0.15, -0.1) is 42.8 Å². The van der Waals surface area contributed by atoms with Gasteiger partial charge in [0.05, 0.1) is 0 Å². The fourth-order valence-corrected chi connectivity index (χ4v) is 2.41. The molecule has 0 heterocycles. The molecule has 130 valence electrons. The van der Waals surface area contributed by atoms with E-state index in [1.54, 1.807) is 0 Å². The van der Waals surface area contributed by atoms with Gasteiger partial charge in [-0.1, -0.05) is 74.7 Å². The molecule has 1 nitrogen and oxygen atoms in total. The Bertz CT molecular complexity index is 371. The largest absolute Gasteiger partial charge is 2.00 e. The molecule has 0 spiro atoms. The molecule has 0 amide bonds. The summed E-state index contributed by atoms with van der Waals surface area (Å²) in [4.78, 5) is 0. The monoisotopic (exact) mass is 425 g/mol. The summed E-state index contributed by atoms with van der Waals surface area (Å²) >= 11 is 0. The smallest absolute Gasteiger partial charge is 0.653 e. The minimum atomic E-state index is 0. The Balaban J connectivity index is -0.000000130. The summed E-state index contributed by atoms with van der Waals surface area (Å²) < 4.78 is 0. The third kappa shape index (κ3) is 12.3. The molecule has 0 aliphatic heterocycles. The summed E-state index contributed by atoms with van der Waals surface area (Å²) in [6.45, 7) is 23.7. The molecule has 0 atom stereocenters. The van der Waals surface area contributed by atoms with Crippen LogP contribution in [-0.2, 0) is 26.2 Å². The zero-order valence-corrected chi connectivity index (χ0v) is 20.4. The first-order chi connectivity index (χ1) is 8.16. The Morgan fingerprint density at radius 3 is 1.18 bits per heavy atom. The van der Waals surface area contributed by atoms with E-state index < -0.39 is 0 Å². The predicted molar refractivity (Wildman–Crippen MR) is 102 cm³/mol. The molecule has 1 aliphatic rings. The summed E-state index contributed by atoms with van der Waals surface area (Å²) in [6.07, 6.45) is 3.44. The standard InChI is InChI=1S/C10H15.C8H18N.2ClH.Zr/c1-7-6-10(4,5)9(3)8(7)2;1-7(2,3)9-8(4,5)6;;;/h1-5H3;1-6H3;2*1H;/q2*-1;;;+2. The molecular weight excluding hydrogens is 392 g/mol. The van der Waals surface area contributed by atoms with E-state index in [1.807, 2.05) is 0 Å². The molecule has 0 bridgehead atoms. The van der Waals surface area contributed by atoms with Crippen molar-refractivity contribution in [3.63, 3.8) is 0 Å². The van der Waals surface area contributed by atoms with Gasteiger partial charge in [0, 0.05) is 0 Å². The van der Waals surface area contributed by atoms with Gasteiger partial charge in [0.25, 0.3) is 0 Å². The second kappa shape index (κ2) is 10.7. The van der Waals surface area contributed by atoms with Crippen LogP contribution in [0.25, 0.3) is 5.32 Å². The molecule has 0 saturated heterocycles. The third-order valence-corrected chi connectivity index (χ3v) is 3.23. The molecule has 0 fully saturated rings. The van der Waals surface area contributed by atoms with Crippen LogP contribution in [0.2, 0.25) is 0 Å². The van der Waals surface area contributed by atoms with Crippen molar-refractivity contribution in [2.45, 2.75) is 87.2 Å². The van der Waals surface area contributed by atoms with Gasteiger partial charge in [-0.25, -0.2) is 5.57 Å². The first kappa shape index (κ1) is 30.7. The first-order valence-electron chi connectivity index (χ1n) is 7.20. The van der Waals surface area contributed by atoms with E-state index in [1.165, 1.54) is 16.7 Å². The number of allylic oxidation sites excluding steroid dienone is 4. The average molecular weight is 428 g/mol. The maximum Gasteiger partial charge on any atom is 2.00 e. The van der Waals surface area contributed by atoms with Crippen LogP contribution in [-0.4, -0.2) is 11.1 Å². The summed E-state index contributed by atoms with van der Waals surface area (Å²) in [5.74, 6) is 0. The van der Waals surface area contributed by atoms with Gasteiger partial charge in [0.2, 0.25) is 0 Å². The topological polar surface area (TPSA) is 14.1 Å². The number of nitrogens with zero attached hydrogens (tertiary/aromatic N) is 1. The minimum absolute atomic E-state index is 0. The second-order valence-electron chi connectivity index (χ2n) is 8.08. The van der Waals surface area contributed by atoms with E-state index >= 15 is 0 Å². The van der Waals surface area contributed by atoms with Gasteiger partial charge >= 0.3 is 26.2 Å². The molecule has 0 N–H and O–H groups in total. The summed E-state index contributed by atoms with van der Waals surface area (Å²) in [5, 5.41) is 4.54. The van der Waals surface area contributed by atoms with Crippen LogP contribution in [0.15, 0.2) is 16.7 Å². The molecule has 0 unspecified atom stereocenters. The van der Waals surface area contributed by atoms with Crippen LogP contribution in [0.5, 0.6) is 0 Å². The van der Waals surface area contributed by atoms with Crippen molar-refractivity contribution in [2.75, 3.05) is 0 Å². The molecule has 4 heteroatoms. The van der Waals surface area contributed by atoms with E-state index in [-0.39, 0.29) is 67.5 Å². The van der Waals surface area contributed by atoms with E-state index in [0.29, 0.717) is 0 Å². The van der Waals surface area contributed by atoms with Crippen molar-refractivity contribution in [2.24, 2.45) is 5.41 Å². The Labute approximate surface area is 171 Å². The number of hydrogen-bond acceptors (Lipinski definition) is 0. The zero-order valence-electron chi connectivity index (χ0n) is 16.3. The molecule has 22 heavy (non-hydrogen) atoms. The third-order valence-electron chi connectivity index (χ3n) is 3.23. The number of rotatable bonds is 0. The van der Waals surface area contributed by atoms with Crippen LogP contribution in [0.4, 0.5) is 0 Å². The molecule has 0 aromatic carbocycles. The second-order valence-corrected chi connectivity index (χ2v) is 8.08. The molecule has 0 radical (unpaired) electrons. The average Bonchev–Trinajstić information content (AvgIpc) is 2.24. The maximum absolute atomic E-state index is 4.54. The van der Waals surface area contributed by atoms with E-state index in [9.17, 15) is 0 Å². The van der Waals surface area contributed by atoms with Crippen LogP contribution < -0.4 is 0 Å². The van der Waals surface area contributed by atoms with Crippen LogP contribution in [0.1, 0.15) is 76.2 Å². The maximum atomic E-state index is 4.54. The minimum Gasteiger partial charge on any atom is -0.653 e. The van der Waals surface area contributed by atoms with Crippen molar-refractivity contribution in [3.05, 3.63) is 28.1 Å². The Morgan fingerprint density at radius 2 is 1.14 bits per heavy atom. The molecule has 1 aliphatic carbocycles. The molecule has 0 saturated carbocycles. The van der Waals surface area contributed by atoms with Gasteiger partial charge in [-0.05, 0) is 0 Å². The van der Waals surface area contributed by atoms with Crippen LogP contribution >= 0.6 is 24.8 Å². The van der Waals surface area contributed by atoms with Crippen molar-refractivity contribution < 1.29 is 26.2 Å². The number of halogens is 2.